The summed E-state index contributed by atoms with van der Waals surface area (Å²) in [7, 11) is 0. The molecule has 0 spiro atoms. The van der Waals surface area contributed by atoms with Crippen molar-refractivity contribution in [2.24, 2.45) is 11.3 Å². The molecule has 0 rings (SSSR count). The Morgan fingerprint density at radius 1 is 1.33 bits per heavy atom. The molecule has 0 aromatic carbocycles. The molecule has 0 saturated heterocycles. The van der Waals surface area contributed by atoms with Crippen LogP contribution in [0.1, 0.15) is 27.7 Å². The first-order chi connectivity index (χ1) is 5.43. The molecule has 0 bridgehead atoms. The molecule has 0 aliphatic carbocycles. The molecule has 12 heavy (non-hydrogen) atoms. The lowest BCUT2D eigenvalue weighted by molar-refractivity contribution is 0.109. The van der Waals surface area contributed by atoms with Gasteiger partial charge in [-0.25, -0.2) is 0 Å². The van der Waals surface area contributed by atoms with Crippen LogP contribution in [0.2, 0.25) is 0 Å². The summed E-state index contributed by atoms with van der Waals surface area (Å²) in [4.78, 5) is 0. The van der Waals surface area contributed by atoms with E-state index in [1.807, 2.05) is 19.1 Å². The molecule has 70 valence electrons. The van der Waals surface area contributed by atoms with Crippen molar-refractivity contribution in [3.8, 4) is 0 Å². The number of aliphatic hydroxyl groups is 1. The van der Waals surface area contributed by atoms with E-state index in [-0.39, 0.29) is 11.3 Å². The van der Waals surface area contributed by atoms with Gasteiger partial charge in [-0.1, -0.05) is 39.0 Å². The van der Waals surface area contributed by atoms with Gasteiger partial charge in [0.2, 0.25) is 0 Å². The van der Waals surface area contributed by atoms with E-state index in [1.54, 1.807) is 6.08 Å². The molecular weight excluding hydrogens is 148 g/mol. The first-order valence-electron chi connectivity index (χ1n) is 4.37. The first kappa shape index (κ1) is 11.4. The minimum atomic E-state index is -0.443. The molecule has 2 atom stereocenters. The van der Waals surface area contributed by atoms with Gasteiger partial charge in [0.05, 0.1) is 6.10 Å². The summed E-state index contributed by atoms with van der Waals surface area (Å²) in [6.07, 6.45) is 5.16. The summed E-state index contributed by atoms with van der Waals surface area (Å²) in [5, 5.41) is 9.62. The van der Waals surface area contributed by atoms with Gasteiger partial charge in [0.25, 0.3) is 0 Å². The van der Waals surface area contributed by atoms with E-state index in [1.165, 1.54) is 0 Å². The van der Waals surface area contributed by atoms with E-state index in [0.29, 0.717) is 0 Å². The molecule has 1 N–H and O–H groups in total. The minimum absolute atomic E-state index is 0.0834. The molecule has 0 saturated carbocycles. The third kappa shape index (κ3) is 3.22. The van der Waals surface area contributed by atoms with E-state index in [9.17, 15) is 5.11 Å². The van der Waals surface area contributed by atoms with E-state index in [2.05, 4.69) is 27.4 Å². The molecule has 0 aliphatic rings. The monoisotopic (exact) mass is 168 g/mol. The fourth-order valence-electron chi connectivity index (χ4n) is 1.27. The molecule has 0 fully saturated rings. The highest BCUT2D eigenvalue weighted by Gasteiger charge is 2.26. The zero-order chi connectivity index (χ0) is 9.78. The van der Waals surface area contributed by atoms with Crippen LogP contribution in [0.4, 0.5) is 0 Å². The van der Waals surface area contributed by atoms with Crippen LogP contribution in [-0.2, 0) is 0 Å². The van der Waals surface area contributed by atoms with Crippen LogP contribution >= 0.6 is 0 Å². The minimum Gasteiger partial charge on any atom is -0.388 e. The van der Waals surface area contributed by atoms with Gasteiger partial charge in [-0.15, -0.1) is 6.58 Å². The first-order valence-corrected chi connectivity index (χ1v) is 4.37. The summed E-state index contributed by atoms with van der Waals surface area (Å²) in [5.74, 6) is 0.153. The Hall–Kier alpha value is -0.560. The Bertz CT molecular complexity index is 162. The van der Waals surface area contributed by atoms with Crippen molar-refractivity contribution in [2.45, 2.75) is 33.8 Å². The van der Waals surface area contributed by atoms with Crippen molar-refractivity contribution < 1.29 is 5.11 Å². The SMILES string of the molecule is C=CC(O)C(/C=C/C)C(C)(C)C. The maximum absolute atomic E-state index is 9.62. The summed E-state index contributed by atoms with van der Waals surface area (Å²) in [6, 6.07) is 0. The lowest BCUT2D eigenvalue weighted by atomic mass is 9.77. The molecule has 0 aromatic heterocycles. The molecule has 1 nitrogen and oxygen atoms in total. The van der Waals surface area contributed by atoms with E-state index >= 15 is 0 Å². The van der Waals surface area contributed by atoms with Gasteiger partial charge in [-0.3, -0.25) is 0 Å². The summed E-state index contributed by atoms with van der Waals surface area (Å²) in [6.45, 7) is 11.9. The zero-order valence-electron chi connectivity index (χ0n) is 8.54. The van der Waals surface area contributed by atoms with E-state index < -0.39 is 6.10 Å². The predicted molar refractivity (Wildman–Crippen MR) is 54.0 cm³/mol. The van der Waals surface area contributed by atoms with Crippen LogP contribution in [-0.4, -0.2) is 11.2 Å². The van der Waals surface area contributed by atoms with Crippen LogP contribution in [0.5, 0.6) is 0 Å². The maximum Gasteiger partial charge on any atom is 0.0785 e. The highest BCUT2D eigenvalue weighted by molar-refractivity contribution is 5.01. The smallest absolute Gasteiger partial charge is 0.0785 e. The van der Waals surface area contributed by atoms with Gasteiger partial charge >= 0.3 is 0 Å². The van der Waals surface area contributed by atoms with Crippen molar-refractivity contribution in [1.29, 1.82) is 0 Å². The van der Waals surface area contributed by atoms with Crippen molar-refractivity contribution in [2.75, 3.05) is 0 Å². The van der Waals surface area contributed by atoms with Gasteiger partial charge in [0, 0.05) is 5.92 Å². The number of hydrogen-bond acceptors (Lipinski definition) is 1. The van der Waals surface area contributed by atoms with Crippen LogP contribution in [0.3, 0.4) is 0 Å². The molecule has 0 heterocycles. The Morgan fingerprint density at radius 3 is 2.08 bits per heavy atom. The highest BCUT2D eigenvalue weighted by atomic mass is 16.3. The van der Waals surface area contributed by atoms with E-state index in [0.717, 1.165) is 0 Å². The van der Waals surface area contributed by atoms with E-state index in [4.69, 9.17) is 0 Å². The van der Waals surface area contributed by atoms with Gasteiger partial charge in [-0.2, -0.15) is 0 Å². The molecule has 1 heteroatoms. The van der Waals surface area contributed by atoms with Crippen molar-refractivity contribution in [1.82, 2.24) is 0 Å². The molecule has 0 aliphatic heterocycles. The molecule has 2 unspecified atom stereocenters. The summed E-state index contributed by atoms with van der Waals surface area (Å²) >= 11 is 0. The second-order valence-corrected chi connectivity index (χ2v) is 4.14. The summed E-state index contributed by atoms with van der Waals surface area (Å²) < 4.78 is 0. The third-order valence-electron chi connectivity index (χ3n) is 2.01. The Kier molecular flexibility index (Phi) is 4.25. The Labute approximate surface area is 75.8 Å². The Morgan fingerprint density at radius 2 is 1.83 bits per heavy atom. The normalized spacial score (nSPS) is 17.8. The van der Waals surface area contributed by atoms with Gasteiger partial charge < -0.3 is 5.11 Å². The number of aliphatic hydroxyl groups excluding tert-OH is 1. The molecule has 0 amide bonds. The average Bonchev–Trinajstić information content (AvgIpc) is 1.96. The second kappa shape index (κ2) is 4.46. The fourth-order valence-corrected chi connectivity index (χ4v) is 1.27. The van der Waals surface area contributed by atoms with Crippen LogP contribution in [0, 0.1) is 11.3 Å². The quantitative estimate of drug-likeness (QED) is 0.642. The fraction of sp³-hybridized carbons (Fsp3) is 0.636. The summed E-state index contributed by atoms with van der Waals surface area (Å²) in [5.41, 5.74) is 0.0834. The molecule has 0 aromatic rings. The standard InChI is InChI=1S/C11H20O/c1-6-8-9(10(12)7-2)11(3,4)5/h6-10,12H,2H2,1,3-5H3/b8-6+. The van der Waals surface area contributed by atoms with Crippen molar-refractivity contribution in [3.63, 3.8) is 0 Å². The van der Waals surface area contributed by atoms with Gasteiger partial charge in [-0.05, 0) is 12.3 Å². The second-order valence-electron chi connectivity index (χ2n) is 4.14. The topological polar surface area (TPSA) is 20.2 Å². The molecule has 0 radical (unpaired) electrons. The third-order valence-corrected chi connectivity index (χ3v) is 2.01. The van der Waals surface area contributed by atoms with Crippen molar-refractivity contribution >= 4 is 0 Å². The maximum atomic E-state index is 9.62. The van der Waals surface area contributed by atoms with Gasteiger partial charge in [0.15, 0.2) is 0 Å². The zero-order valence-corrected chi connectivity index (χ0v) is 8.54. The number of rotatable bonds is 3. The molecular formula is C11H20O. The number of hydrogen-bond donors (Lipinski definition) is 1. The van der Waals surface area contributed by atoms with Crippen LogP contribution < -0.4 is 0 Å². The van der Waals surface area contributed by atoms with Crippen molar-refractivity contribution in [3.05, 3.63) is 24.8 Å². The highest BCUT2D eigenvalue weighted by Crippen LogP contribution is 2.30. The largest absolute Gasteiger partial charge is 0.388 e. The lowest BCUT2D eigenvalue weighted by Crippen LogP contribution is -2.29. The lowest BCUT2D eigenvalue weighted by Gasteiger charge is -2.30. The van der Waals surface area contributed by atoms with Crippen LogP contribution in [0.25, 0.3) is 0 Å². The Balaban J connectivity index is 4.54. The average molecular weight is 168 g/mol. The van der Waals surface area contributed by atoms with Crippen LogP contribution in [0.15, 0.2) is 24.8 Å². The predicted octanol–water partition coefficient (Wildman–Crippen LogP) is 2.77. The van der Waals surface area contributed by atoms with Gasteiger partial charge in [0.1, 0.15) is 0 Å². The number of allylic oxidation sites excluding steroid dienone is 1.